The molecule has 0 aromatic carbocycles. The Morgan fingerprint density at radius 2 is 1.94 bits per heavy atom. The van der Waals surface area contributed by atoms with Crippen molar-refractivity contribution in [3.63, 3.8) is 0 Å². The monoisotopic (exact) mass is 242 g/mol. The van der Waals surface area contributed by atoms with Crippen molar-refractivity contribution in [2.45, 2.75) is 25.3 Å². The van der Waals surface area contributed by atoms with Gasteiger partial charge in [-0.25, -0.2) is 4.79 Å². The number of likely N-dealkylation sites (tertiary alicyclic amines) is 1. The minimum atomic E-state index is -1.02. The van der Waals surface area contributed by atoms with Crippen LogP contribution in [0.3, 0.4) is 0 Å². The van der Waals surface area contributed by atoms with E-state index in [2.05, 4.69) is 5.32 Å². The molecule has 2 N–H and O–H groups in total. The van der Waals surface area contributed by atoms with Gasteiger partial charge in [0.1, 0.15) is 0 Å². The first-order chi connectivity index (χ1) is 8.16. The predicted molar refractivity (Wildman–Crippen MR) is 59.7 cm³/mol. The number of rotatable bonds is 2. The number of nitrogens with one attached hydrogen (secondary N) is 1. The highest BCUT2D eigenvalue weighted by Gasteiger charge is 2.32. The van der Waals surface area contributed by atoms with E-state index in [1.54, 1.807) is 4.90 Å². The third-order valence-corrected chi connectivity index (χ3v) is 3.40. The summed E-state index contributed by atoms with van der Waals surface area (Å²) in [5.41, 5.74) is 0. The van der Waals surface area contributed by atoms with E-state index in [0.717, 1.165) is 12.8 Å². The van der Waals surface area contributed by atoms with Crippen LogP contribution in [0.15, 0.2) is 0 Å². The number of hydrogen-bond donors (Lipinski definition) is 2. The van der Waals surface area contributed by atoms with Gasteiger partial charge in [-0.3, -0.25) is 4.79 Å². The van der Waals surface area contributed by atoms with Gasteiger partial charge in [-0.15, -0.1) is 0 Å². The number of carbonyl (C=O) groups excluding carboxylic acids is 1. The van der Waals surface area contributed by atoms with E-state index < -0.39 is 6.09 Å². The van der Waals surface area contributed by atoms with Crippen molar-refractivity contribution in [3.8, 4) is 0 Å². The summed E-state index contributed by atoms with van der Waals surface area (Å²) in [6.45, 7) is 2.46. The molecule has 2 saturated heterocycles. The van der Waals surface area contributed by atoms with E-state index in [-0.39, 0.29) is 17.9 Å². The number of amides is 2. The second-order valence-corrected chi connectivity index (χ2v) is 4.61. The highest BCUT2D eigenvalue weighted by molar-refractivity contribution is 5.79. The van der Waals surface area contributed by atoms with Crippen LogP contribution in [0, 0.1) is 5.92 Å². The van der Waals surface area contributed by atoms with Crippen LogP contribution in [0.25, 0.3) is 0 Å². The zero-order valence-corrected chi connectivity index (χ0v) is 9.72. The Balaban J connectivity index is 1.82. The van der Waals surface area contributed by atoms with Crippen LogP contribution in [0.2, 0.25) is 0 Å². The summed E-state index contributed by atoms with van der Waals surface area (Å²) < 4.78 is 5.23. The fraction of sp³-hybridized carbons (Fsp3) is 0.818. The van der Waals surface area contributed by atoms with Gasteiger partial charge in [0.2, 0.25) is 5.91 Å². The molecule has 0 unspecified atom stereocenters. The highest BCUT2D eigenvalue weighted by atomic mass is 16.5. The number of carbonyl (C=O) groups is 2. The van der Waals surface area contributed by atoms with Gasteiger partial charge in [-0.1, -0.05) is 0 Å². The molecule has 17 heavy (non-hydrogen) atoms. The van der Waals surface area contributed by atoms with E-state index in [1.807, 2.05) is 0 Å². The van der Waals surface area contributed by atoms with Crippen molar-refractivity contribution < 1.29 is 19.4 Å². The molecular formula is C11H18N2O4. The maximum atomic E-state index is 12.1. The zero-order chi connectivity index (χ0) is 12.3. The molecule has 2 amide bonds. The van der Waals surface area contributed by atoms with E-state index in [4.69, 9.17) is 9.84 Å². The van der Waals surface area contributed by atoms with Gasteiger partial charge < -0.3 is 20.1 Å². The van der Waals surface area contributed by atoms with E-state index >= 15 is 0 Å². The van der Waals surface area contributed by atoms with Crippen molar-refractivity contribution in [3.05, 3.63) is 0 Å². The molecule has 6 nitrogen and oxygen atoms in total. The van der Waals surface area contributed by atoms with Crippen molar-refractivity contribution in [1.29, 1.82) is 0 Å². The minimum Gasteiger partial charge on any atom is -0.465 e. The van der Waals surface area contributed by atoms with Crippen LogP contribution in [-0.2, 0) is 9.53 Å². The fourth-order valence-corrected chi connectivity index (χ4v) is 2.46. The van der Waals surface area contributed by atoms with Gasteiger partial charge in [0.15, 0.2) is 0 Å². The lowest BCUT2D eigenvalue weighted by molar-refractivity contribution is -0.137. The standard InChI is InChI=1S/C11H18N2O4/c14-10(8-2-5-17-6-3-8)13-4-1-9(7-13)12-11(15)16/h8-9,12H,1-7H2,(H,15,16)/t9-/m0/s1. The summed E-state index contributed by atoms with van der Waals surface area (Å²) in [6.07, 6.45) is 1.26. The smallest absolute Gasteiger partial charge is 0.404 e. The van der Waals surface area contributed by atoms with Gasteiger partial charge >= 0.3 is 6.09 Å². The van der Waals surface area contributed by atoms with Crippen LogP contribution in [0.1, 0.15) is 19.3 Å². The Morgan fingerprint density at radius 3 is 2.59 bits per heavy atom. The Morgan fingerprint density at radius 1 is 1.24 bits per heavy atom. The molecule has 0 radical (unpaired) electrons. The van der Waals surface area contributed by atoms with Gasteiger partial charge in [0.05, 0.1) is 6.04 Å². The summed E-state index contributed by atoms with van der Waals surface area (Å²) in [5.74, 6) is 0.218. The Kier molecular flexibility index (Phi) is 3.83. The molecule has 0 saturated carbocycles. The maximum Gasteiger partial charge on any atom is 0.404 e. The number of carboxylic acid groups (broad SMARTS) is 1. The first kappa shape index (κ1) is 12.2. The molecule has 2 fully saturated rings. The Bertz CT molecular complexity index is 302. The Labute approximate surface area is 99.9 Å². The lowest BCUT2D eigenvalue weighted by Gasteiger charge is -2.26. The molecular weight excluding hydrogens is 224 g/mol. The predicted octanol–water partition coefficient (Wildman–Crippen LogP) is 0.281. The molecule has 1 atom stereocenters. The topological polar surface area (TPSA) is 78.9 Å². The summed E-state index contributed by atoms with van der Waals surface area (Å²) in [5, 5.41) is 11.0. The first-order valence-corrected chi connectivity index (χ1v) is 6.03. The molecule has 0 aromatic heterocycles. The SMILES string of the molecule is O=C(O)N[C@H]1CCN(C(=O)C2CCOCC2)C1. The van der Waals surface area contributed by atoms with Crippen LogP contribution >= 0.6 is 0 Å². The highest BCUT2D eigenvalue weighted by Crippen LogP contribution is 2.20. The molecule has 2 heterocycles. The van der Waals surface area contributed by atoms with E-state index in [1.165, 1.54) is 0 Å². The molecule has 0 aliphatic carbocycles. The van der Waals surface area contributed by atoms with Crippen LogP contribution in [0.4, 0.5) is 4.79 Å². The minimum absolute atomic E-state index is 0.0623. The first-order valence-electron chi connectivity index (χ1n) is 6.03. The summed E-state index contributed by atoms with van der Waals surface area (Å²) in [6, 6.07) is -0.115. The second kappa shape index (κ2) is 5.35. The normalized spacial score (nSPS) is 25.9. The quantitative estimate of drug-likeness (QED) is 0.729. The second-order valence-electron chi connectivity index (χ2n) is 4.61. The van der Waals surface area contributed by atoms with Crippen LogP contribution in [0.5, 0.6) is 0 Å². The molecule has 0 bridgehead atoms. The molecule has 2 rings (SSSR count). The number of ether oxygens (including phenoxy) is 1. The number of nitrogens with zero attached hydrogens (tertiary/aromatic N) is 1. The van der Waals surface area contributed by atoms with E-state index in [9.17, 15) is 9.59 Å². The third-order valence-electron chi connectivity index (χ3n) is 3.40. The van der Waals surface area contributed by atoms with Crippen molar-refractivity contribution >= 4 is 12.0 Å². The molecule has 0 aromatic rings. The molecule has 0 spiro atoms. The van der Waals surface area contributed by atoms with Crippen molar-refractivity contribution in [2.24, 2.45) is 5.92 Å². The summed E-state index contributed by atoms with van der Waals surface area (Å²) in [7, 11) is 0. The average Bonchev–Trinajstić information content (AvgIpc) is 2.77. The Hall–Kier alpha value is -1.30. The molecule has 2 aliphatic rings. The summed E-state index contributed by atoms with van der Waals surface area (Å²) in [4.78, 5) is 24.4. The van der Waals surface area contributed by atoms with Gasteiger partial charge in [-0.2, -0.15) is 0 Å². The largest absolute Gasteiger partial charge is 0.465 e. The van der Waals surface area contributed by atoms with Gasteiger partial charge in [0, 0.05) is 32.2 Å². The molecule has 2 aliphatic heterocycles. The maximum absolute atomic E-state index is 12.1. The lowest BCUT2D eigenvalue weighted by Crippen LogP contribution is -2.40. The summed E-state index contributed by atoms with van der Waals surface area (Å²) >= 11 is 0. The third kappa shape index (κ3) is 3.09. The van der Waals surface area contributed by atoms with Crippen LogP contribution in [-0.4, -0.2) is 54.4 Å². The molecule has 96 valence electrons. The average molecular weight is 242 g/mol. The van der Waals surface area contributed by atoms with Crippen LogP contribution < -0.4 is 5.32 Å². The zero-order valence-electron chi connectivity index (χ0n) is 9.72. The lowest BCUT2D eigenvalue weighted by atomic mass is 9.99. The van der Waals surface area contributed by atoms with Gasteiger partial charge in [0.25, 0.3) is 0 Å². The van der Waals surface area contributed by atoms with E-state index in [0.29, 0.717) is 32.7 Å². The van der Waals surface area contributed by atoms with Crippen molar-refractivity contribution in [1.82, 2.24) is 10.2 Å². The molecule has 6 heteroatoms. The number of hydrogen-bond acceptors (Lipinski definition) is 3. The fourth-order valence-electron chi connectivity index (χ4n) is 2.46. The van der Waals surface area contributed by atoms with Crippen molar-refractivity contribution in [2.75, 3.05) is 26.3 Å². The van der Waals surface area contributed by atoms with Gasteiger partial charge in [-0.05, 0) is 19.3 Å².